The van der Waals surface area contributed by atoms with E-state index in [0.29, 0.717) is 40.7 Å². The number of pyridine rings is 1. The molecule has 0 unspecified atom stereocenters. The predicted octanol–water partition coefficient (Wildman–Crippen LogP) is 21.7. The largest absolute Gasteiger partial charge is 0.453 e. The average Bonchev–Trinajstić information content (AvgIpc) is 1.55. The van der Waals surface area contributed by atoms with Crippen molar-refractivity contribution in [2.24, 2.45) is 0 Å². The van der Waals surface area contributed by atoms with E-state index in [1.165, 1.54) is 86.3 Å². The summed E-state index contributed by atoms with van der Waals surface area (Å²) in [6.45, 7) is 0. The van der Waals surface area contributed by atoms with E-state index in [1.54, 1.807) is 0 Å². The first-order valence-electron chi connectivity index (χ1n) is 33.2. The van der Waals surface area contributed by atoms with Crippen LogP contribution >= 0.6 is 23.5 Å². The topological polar surface area (TPSA) is 103 Å². The molecule has 0 radical (unpaired) electrons. The third-order valence-corrected chi connectivity index (χ3v) is 22.4. The lowest BCUT2D eigenvalue weighted by Crippen LogP contribution is -2.32. The number of rotatable bonds is 9. The Morgan fingerprint density at radius 3 is 1.08 bits per heavy atom. The quantitative estimate of drug-likeness (QED) is 0.139. The minimum Gasteiger partial charge on any atom is -0.453 e. The lowest BCUT2D eigenvalue weighted by molar-refractivity contribution is 0.591. The smallest absolute Gasteiger partial charge is 0.199 e. The summed E-state index contributed by atoms with van der Waals surface area (Å²) < 4.78 is 6.93. The Balaban J connectivity index is 0.677. The van der Waals surface area contributed by atoms with E-state index in [2.05, 4.69) is 206 Å². The number of furan rings is 1. The standard InChI is InChI=1S/C89H53N7OS2/c1-4-21-55(22-5-1)82-91-83(56-23-6-2-7-24-56)94-86(93-82)66-31-20-50-90-81(66)61-44-49-80-74(53-61)89(69-34-16-12-29-64(69)65-30-13-17-35-70(65)89)72-51-59(42-47-78(72)99-80)54-38-40-58(41-39-54)85-92-84(57-25-8-3-9-26-57)95-87(96-85)76-46-45-75(97-76)60-43-48-79-73(52-60)88(71-36-18-19-37-77(71)98-79)67-32-14-10-27-62(67)63-28-11-15-33-68(63)88/h1-53H. The summed E-state index contributed by atoms with van der Waals surface area (Å²) in [5, 5.41) is 0. The van der Waals surface area contributed by atoms with Gasteiger partial charge in [0.2, 0.25) is 0 Å². The fraction of sp³-hybridized carbons (Fsp3) is 0.0225. The second-order valence-electron chi connectivity index (χ2n) is 25.4. The maximum atomic E-state index is 6.93. The molecule has 4 aromatic heterocycles. The second-order valence-corrected chi connectivity index (χ2v) is 27.5. The van der Waals surface area contributed by atoms with E-state index in [1.807, 2.05) is 139 Å². The average molecular weight is 1300 g/mol. The van der Waals surface area contributed by atoms with Gasteiger partial charge in [0.1, 0.15) is 5.76 Å². The van der Waals surface area contributed by atoms with Gasteiger partial charge in [-0.05, 0) is 145 Å². The molecule has 0 N–H and O–H groups in total. The molecule has 6 heterocycles. The Morgan fingerprint density at radius 1 is 0.222 bits per heavy atom. The van der Waals surface area contributed by atoms with Crippen molar-refractivity contribution in [2.45, 2.75) is 30.4 Å². The molecule has 8 nitrogen and oxygen atoms in total. The molecule has 0 amide bonds. The fourth-order valence-electron chi connectivity index (χ4n) is 15.7. The summed E-state index contributed by atoms with van der Waals surface area (Å²) in [7, 11) is 0. The third kappa shape index (κ3) is 8.92. The van der Waals surface area contributed by atoms with Crippen molar-refractivity contribution in [1.29, 1.82) is 0 Å². The molecule has 2 spiro atoms. The van der Waals surface area contributed by atoms with Crippen LogP contribution in [-0.4, -0.2) is 34.9 Å². The summed E-state index contributed by atoms with van der Waals surface area (Å²) in [5.74, 6) is 4.56. The van der Waals surface area contributed by atoms with Crippen LogP contribution in [0.15, 0.2) is 346 Å². The van der Waals surface area contributed by atoms with Crippen molar-refractivity contribution in [3.05, 3.63) is 366 Å². The highest BCUT2D eigenvalue weighted by atomic mass is 32.2. The molecule has 0 bridgehead atoms. The third-order valence-electron chi connectivity index (χ3n) is 20.1. The Bertz CT molecular complexity index is 5810. The normalized spacial score (nSPS) is 13.5. The molecule has 12 aromatic carbocycles. The molecule has 0 saturated carbocycles. The van der Waals surface area contributed by atoms with Crippen molar-refractivity contribution >= 4 is 23.5 Å². The van der Waals surface area contributed by atoms with Gasteiger partial charge in [-0.3, -0.25) is 4.98 Å². The van der Waals surface area contributed by atoms with Gasteiger partial charge in [0.15, 0.2) is 40.7 Å². The van der Waals surface area contributed by atoms with Crippen molar-refractivity contribution in [3.8, 4) is 124 Å². The van der Waals surface area contributed by atoms with Gasteiger partial charge >= 0.3 is 0 Å². The summed E-state index contributed by atoms with van der Waals surface area (Å²) in [4.78, 5) is 41.0. The highest BCUT2D eigenvalue weighted by Gasteiger charge is 2.52. The number of nitrogens with zero attached hydrogens (tertiary/aromatic N) is 7. The van der Waals surface area contributed by atoms with E-state index >= 15 is 0 Å². The lowest BCUT2D eigenvalue weighted by atomic mass is 9.66. The minimum atomic E-state index is -0.694. The first-order chi connectivity index (χ1) is 49.0. The zero-order chi connectivity index (χ0) is 65.2. The molecule has 0 saturated heterocycles. The number of hydrogen-bond donors (Lipinski definition) is 0. The fourth-order valence-corrected chi connectivity index (χ4v) is 18.1. The summed E-state index contributed by atoms with van der Waals surface area (Å²) >= 11 is 3.65. The molecule has 4 aliphatic rings. The molecule has 0 atom stereocenters. The molecule has 20 rings (SSSR count). The van der Waals surface area contributed by atoms with Crippen LogP contribution in [0.25, 0.3) is 124 Å². The summed E-state index contributed by atoms with van der Waals surface area (Å²) in [5.41, 5.74) is 23.0. The molecule has 2 aliphatic heterocycles. The van der Waals surface area contributed by atoms with Gasteiger partial charge in [-0.1, -0.05) is 272 Å². The SMILES string of the molecule is c1ccc(-c2nc(-c3ccc(-c4ccc5c(c4)C4(c6cc(-c7ncccc7-c7nc(-c8ccccc8)nc(-c8ccccc8)n7)ccc6S5)c5ccccc5-c5ccccc54)cc3)nc(-c3ccc(-c4ccc5c(c4)C4(c6ccccc6S5)c5ccccc5-c5ccccc54)o3)n2)cc1. The second kappa shape index (κ2) is 22.7. The zero-order valence-electron chi connectivity index (χ0n) is 53.0. The van der Waals surface area contributed by atoms with Crippen LogP contribution in [0.5, 0.6) is 0 Å². The molecule has 0 fully saturated rings. The first kappa shape index (κ1) is 57.1. The Morgan fingerprint density at radius 2 is 0.566 bits per heavy atom. The van der Waals surface area contributed by atoms with Gasteiger partial charge in [0, 0.05) is 64.7 Å². The molecule has 462 valence electrons. The van der Waals surface area contributed by atoms with E-state index in [4.69, 9.17) is 39.3 Å². The zero-order valence-corrected chi connectivity index (χ0v) is 54.6. The van der Waals surface area contributed by atoms with Crippen LogP contribution in [0.3, 0.4) is 0 Å². The van der Waals surface area contributed by atoms with Crippen LogP contribution in [0.4, 0.5) is 0 Å². The Labute approximate surface area is 580 Å². The maximum absolute atomic E-state index is 6.93. The number of benzene rings is 12. The Hall–Kier alpha value is -12.2. The maximum Gasteiger partial charge on any atom is 0.199 e. The highest BCUT2D eigenvalue weighted by Crippen LogP contribution is 2.65. The lowest BCUT2D eigenvalue weighted by Gasteiger charge is -2.40. The number of hydrogen-bond acceptors (Lipinski definition) is 10. The first-order valence-corrected chi connectivity index (χ1v) is 34.8. The van der Waals surface area contributed by atoms with Gasteiger partial charge in [-0.15, -0.1) is 0 Å². The summed E-state index contributed by atoms with van der Waals surface area (Å²) in [6.07, 6.45) is 1.86. The molecule has 99 heavy (non-hydrogen) atoms. The van der Waals surface area contributed by atoms with Crippen molar-refractivity contribution < 1.29 is 4.42 Å². The van der Waals surface area contributed by atoms with Crippen molar-refractivity contribution in [1.82, 2.24) is 34.9 Å². The van der Waals surface area contributed by atoms with E-state index in [9.17, 15) is 0 Å². The van der Waals surface area contributed by atoms with Gasteiger partial charge < -0.3 is 4.42 Å². The molecule has 16 aromatic rings. The van der Waals surface area contributed by atoms with Gasteiger partial charge in [0.25, 0.3) is 0 Å². The van der Waals surface area contributed by atoms with Gasteiger partial charge in [-0.2, -0.15) is 0 Å². The van der Waals surface area contributed by atoms with Crippen molar-refractivity contribution in [3.63, 3.8) is 0 Å². The number of fused-ring (bicyclic) bond motifs is 18. The monoisotopic (exact) mass is 1300 g/mol. The van der Waals surface area contributed by atoms with Crippen LogP contribution in [0, 0.1) is 0 Å². The molecule has 2 aliphatic carbocycles. The van der Waals surface area contributed by atoms with Crippen LogP contribution in [-0.2, 0) is 10.8 Å². The van der Waals surface area contributed by atoms with Gasteiger partial charge in [-0.25, -0.2) is 29.9 Å². The molecule has 10 heteroatoms. The summed E-state index contributed by atoms with van der Waals surface area (Å²) in [6, 6.07) is 112. The Kier molecular flexibility index (Phi) is 13.1. The van der Waals surface area contributed by atoms with E-state index < -0.39 is 10.8 Å². The van der Waals surface area contributed by atoms with Gasteiger partial charge in [0.05, 0.1) is 16.5 Å². The van der Waals surface area contributed by atoms with Crippen LogP contribution in [0.1, 0.15) is 44.5 Å². The minimum absolute atomic E-state index is 0.448. The van der Waals surface area contributed by atoms with E-state index in [0.717, 1.165) is 61.5 Å². The van der Waals surface area contributed by atoms with Crippen LogP contribution < -0.4 is 0 Å². The van der Waals surface area contributed by atoms with E-state index in [-0.39, 0.29) is 0 Å². The highest BCUT2D eigenvalue weighted by molar-refractivity contribution is 7.99. The number of aromatic nitrogens is 7. The molecular weight excluding hydrogens is 1250 g/mol. The molecular formula is C89H53N7OS2. The van der Waals surface area contributed by atoms with Crippen molar-refractivity contribution in [2.75, 3.05) is 0 Å². The van der Waals surface area contributed by atoms with Crippen LogP contribution in [0.2, 0.25) is 0 Å². The predicted molar refractivity (Wildman–Crippen MR) is 395 cm³/mol.